The lowest BCUT2D eigenvalue weighted by atomic mass is 9.62. The van der Waals surface area contributed by atoms with Gasteiger partial charge >= 0.3 is 5.97 Å². The number of carboxylic acid groups (broad SMARTS) is 1. The van der Waals surface area contributed by atoms with Crippen molar-refractivity contribution in [2.75, 3.05) is 0 Å². The summed E-state index contributed by atoms with van der Waals surface area (Å²) in [5.41, 5.74) is 4.06. The maximum absolute atomic E-state index is 11.3. The molecule has 0 unspecified atom stereocenters. The van der Waals surface area contributed by atoms with Gasteiger partial charge in [0.05, 0.1) is 5.56 Å². The summed E-state index contributed by atoms with van der Waals surface area (Å²) < 4.78 is 0. The molecule has 1 aliphatic rings. The van der Waals surface area contributed by atoms with Crippen LogP contribution in [-0.2, 0) is 10.8 Å². The van der Waals surface area contributed by atoms with Crippen LogP contribution in [0, 0.1) is 6.92 Å². The Hall–Kier alpha value is -1.31. The number of rotatable bonds is 1. The molecule has 0 radical (unpaired) electrons. The minimum Gasteiger partial charge on any atom is -0.478 e. The van der Waals surface area contributed by atoms with Gasteiger partial charge in [-0.3, -0.25) is 0 Å². The van der Waals surface area contributed by atoms with Crippen LogP contribution in [0.5, 0.6) is 0 Å². The molecule has 0 saturated heterocycles. The third-order valence-corrected chi connectivity index (χ3v) is 4.43. The SMILES string of the molecule is Cc1cc2c(cc1C(=O)O)C(C)(C)CCC2(C)C. The maximum Gasteiger partial charge on any atom is 0.335 e. The predicted octanol–water partition coefficient (Wildman–Crippen LogP) is 4.04. The number of aromatic carboxylic acids is 1. The van der Waals surface area contributed by atoms with Gasteiger partial charge < -0.3 is 5.11 Å². The van der Waals surface area contributed by atoms with Crippen molar-refractivity contribution < 1.29 is 9.90 Å². The van der Waals surface area contributed by atoms with Gasteiger partial charge in [0, 0.05) is 0 Å². The number of fused-ring (bicyclic) bond motifs is 1. The van der Waals surface area contributed by atoms with E-state index in [4.69, 9.17) is 0 Å². The molecule has 18 heavy (non-hydrogen) atoms. The minimum atomic E-state index is -0.825. The number of carbonyl (C=O) groups is 1. The van der Waals surface area contributed by atoms with Gasteiger partial charge in [0.15, 0.2) is 0 Å². The molecule has 2 heteroatoms. The van der Waals surface area contributed by atoms with Crippen molar-refractivity contribution in [1.82, 2.24) is 0 Å². The molecule has 1 aromatic carbocycles. The Kier molecular flexibility index (Phi) is 2.80. The fourth-order valence-corrected chi connectivity index (χ4v) is 2.95. The molecule has 1 aliphatic carbocycles. The zero-order valence-electron chi connectivity index (χ0n) is 11.9. The van der Waals surface area contributed by atoms with Gasteiger partial charge in [-0.05, 0) is 53.4 Å². The molecule has 2 rings (SSSR count). The van der Waals surface area contributed by atoms with Gasteiger partial charge in [0.2, 0.25) is 0 Å². The average Bonchev–Trinajstić information content (AvgIpc) is 2.24. The second-order valence-corrected chi connectivity index (χ2v) is 6.79. The van der Waals surface area contributed by atoms with E-state index in [2.05, 4.69) is 33.8 Å². The average molecular weight is 246 g/mol. The Bertz CT molecular complexity index is 510. The number of carboxylic acids is 1. The molecule has 0 amide bonds. The normalized spacial score (nSPS) is 20.3. The molecule has 0 spiro atoms. The van der Waals surface area contributed by atoms with E-state index in [0.717, 1.165) is 18.4 Å². The van der Waals surface area contributed by atoms with Crippen molar-refractivity contribution in [1.29, 1.82) is 0 Å². The van der Waals surface area contributed by atoms with Crippen molar-refractivity contribution in [3.8, 4) is 0 Å². The monoisotopic (exact) mass is 246 g/mol. The Morgan fingerprint density at radius 3 is 1.94 bits per heavy atom. The molecule has 0 saturated carbocycles. The summed E-state index contributed by atoms with van der Waals surface area (Å²) in [6.45, 7) is 10.8. The first kappa shape index (κ1) is 13.1. The third-order valence-electron chi connectivity index (χ3n) is 4.43. The van der Waals surface area contributed by atoms with E-state index in [9.17, 15) is 9.90 Å². The fraction of sp³-hybridized carbons (Fsp3) is 0.562. The minimum absolute atomic E-state index is 0.0722. The summed E-state index contributed by atoms with van der Waals surface area (Å²) in [5.74, 6) is -0.825. The zero-order valence-corrected chi connectivity index (χ0v) is 11.9. The first-order valence-corrected chi connectivity index (χ1v) is 6.54. The van der Waals surface area contributed by atoms with E-state index in [0.29, 0.717) is 5.56 Å². The molecule has 0 aliphatic heterocycles. The van der Waals surface area contributed by atoms with E-state index < -0.39 is 5.97 Å². The van der Waals surface area contributed by atoms with E-state index in [-0.39, 0.29) is 10.8 Å². The van der Waals surface area contributed by atoms with Crippen molar-refractivity contribution in [3.63, 3.8) is 0 Å². The summed E-state index contributed by atoms with van der Waals surface area (Å²) in [6, 6.07) is 3.98. The highest BCUT2D eigenvalue weighted by molar-refractivity contribution is 5.90. The van der Waals surface area contributed by atoms with Gasteiger partial charge in [-0.15, -0.1) is 0 Å². The molecular formula is C16H22O2. The topological polar surface area (TPSA) is 37.3 Å². The van der Waals surface area contributed by atoms with E-state index in [1.165, 1.54) is 11.1 Å². The standard InChI is InChI=1S/C16H22O2/c1-10-8-12-13(9-11(10)14(17)18)16(4,5)7-6-15(12,2)3/h8-9H,6-7H2,1-5H3,(H,17,18). The number of benzene rings is 1. The van der Waals surface area contributed by atoms with Crippen molar-refractivity contribution in [3.05, 3.63) is 34.4 Å². The largest absolute Gasteiger partial charge is 0.478 e. The molecule has 0 atom stereocenters. The van der Waals surface area contributed by atoms with Crippen LogP contribution in [0.25, 0.3) is 0 Å². The van der Waals surface area contributed by atoms with Crippen LogP contribution in [0.15, 0.2) is 12.1 Å². The van der Waals surface area contributed by atoms with Gasteiger partial charge in [-0.25, -0.2) is 4.79 Å². The second kappa shape index (κ2) is 3.84. The quantitative estimate of drug-likeness (QED) is 0.812. The lowest BCUT2D eigenvalue weighted by Gasteiger charge is -2.42. The van der Waals surface area contributed by atoms with Gasteiger partial charge in [0.25, 0.3) is 0 Å². The summed E-state index contributed by atoms with van der Waals surface area (Å²) >= 11 is 0. The van der Waals surface area contributed by atoms with E-state index in [1.54, 1.807) is 0 Å². The summed E-state index contributed by atoms with van der Waals surface area (Å²) in [5, 5.41) is 9.27. The van der Waals surface area contributed by atoms with Crippen molar-refractivity contribution >= 4 is 5.97 Å². The molecule has 2 nitrogen and oxygen atoms in total. The van der Waals surface area contributed by atoms with Crippen LogP contribution in [0.2, 0.25) is 0 Å². The lowest BCUT2D eigenvalue weighted by molar-refractivity contribution is 0.0695. The zero-order chi connectivity index (χ0) is 13.7. The number of aryl methyl sites for hydroxylation is 1. The molecule has 1 aromatic rings. The second-order valence-electron chi connectivity index (χ2n) is 6.79. The smallest absolute Gasteiger partial charge is 0.335 e. The number of hydrogen-bond acceptors (Lipinski definition) is 1. The Labute approximate surface area is 109 Å². The molecule has 0 aromatic heterocycles. The van der Waals surface area contributed by atoms with Gasteiger partial charge in [-0.2, -0.15) is 0 Å². The van der Waals surface area contributed by atoms with Crippen LogP contribution in [0.1, 0.15) is 67.6 Å². The predicted molar refractivity (Wildman–Crippen MR) is 73.4 cm³/mol. The Morgan fingerprint density at radius 1 is 1.06 bits per heavy atom. The van der Waals surface area contributed by atoms with E-state index >= 15 is 0 Å². The molecule has 0 heterocycles. The van der Waals surface area contributed by atoms with Crippen LogP contribution in [-0.4, -0.2) is 11.1 Å². The first-order chi connectivity index (χ1) is 8.15. The van der Waals surface area contributed by atoms with Crippen LogP contribution in [0.3, 0.4) is 0 Å². The summed E-state index contributed by atoms with van der Waals surface area (Å²) in [4.78, 5) is 11.3. The molecule has 1 N–H and O–H groups in total. The van der Waals surface area contributed by atoms with Crippen molar-refractivity contribution in [2.24, 2.45) is 0 Å². The summed E-state index contributed by atoms with van der Waals surface area (Å²) in [6.07, 6.45) is 2.26. The highest BCUT2D eigenvalue weighted by atomic mass is 16.4. The van der Waals surface area contributed by atoms with E-state index in [1.807, 2.05) is 13.0 Å². The van der Waals surface area contributed by atoms with Crippen molar-refractivity contribution in [2.45, 2.75) is 58.3 Å². The van der Waals surface area contributed by atoms with Crippen LogP contribution in [0.4, 0.5) is 0 Å². The molecule has 0 fully saturated rings. The fourth-order valence-electron chi connectivity index (χ4n) is 2.95. The first-order valence-electron chi connectivity index (χ1n) is 6.54. The third kappa shape index (κ3) is 1.94. The van der Waals surface area contributed by atoms with Crippen LogP contribution < -0.4 is 0 Å². The van der Waals surface area contributed by atoms with Gasteiger partial charge in [0.1, 0.15) is 0 Å². The Balaban J connectivity index is 2.73. The summed E-state index contributed by atoms with van der Waals surface area (Å²) in [7, 11) is 0. The highest BCUT2D eigenvalue weighted by Gasteiger charge is 2.37. The molecular weight excluding hydrogens is 224 g/mol. The highest BCUT2D eigenvalue weighted by Crippen LogP contribution is 2.46. The number of hydrogen-bond donors (Lipinski definition) is 1. The molecule has 98 valence electrons. The Morgan fingerprint density at radius 2 is 1.50 bits per heavy atom. The molecule has 0 bridgehead atoms. The van der Waals surface area contributed by atoms with Crippen LogP contribution >= 0.6 is 0 Å². The lowest BCUT2D eigenvalue weighted by Crippen LogP contribution is -2.34. The maximum atomic E-state index is 11.3. The van der Waals surface area contributed by atoms with Gasteiger partial charge in [-0.1, -0.05) is 33.8 Å².